The first kappa shape index (κ1) is 14.1. The molecular weight excluding hydrogens is 272 g/mol. The summed E-state index contributed by atoms with van der Waals surface area (Å²) in [6.07, 6.45) is 0. The second-order valence-corrected chi connectivity index (χ2v) is 5.39. The Bertz CT molecular complexity index is 659. The molecule has 102 valence electrons. The number of benzene rings is 1. The van der Waals surface area contributed by atoms with Crippen molar-refractivity contribution >= 4 is 22.9 Å². The van der Waals surface area contributed by atoms with Gasteiger partial charge < -0.3 is 4.90 Å². The maximum Gasteiger partial charge on any atom is 0.275 e. The molecule has 0 unspecified atom stereocenters. The van der Waals surface area contributed by atoms with Crippen LogP contribution < -0.4 is 16.2 Å². The molecule has 0 atom stereocenters. The first-order chi connectivity index (χ1) is 9.65. The standard InChI is InChI=1S/C14H14N4OS/c1-18(12-5-3-2-4-10(12)8-15)9-11-6-7-13(20-11)14(19)17-16/h2-7H,9,16H2,1H3,(H,17,19). The van der Waals surface area contributed by atoms with E-state index in [1.165, 1.54) is 11.3 Å². The van der Waals surface area contributed by atoms with Gasteiger partial charge in [0, 0.05) is 11.9 Å². The Balaban J connectivity index is 2.16. The molecule has 1 amide bonds. The summed E-state index contributed by atoms with van der Waals surface area (Å²) in [4.78, 5) is 15.0. The molecule has 0 saturated heterocycles. The number of para-hydroxylation sites is 1. The molecule has 0 aliphatic carbocycles. The summed E-state index contributed by atoms with van der Waals surface area (Å²) in [6.45, 7) is 0.626. The van der Waals surface area contributed by atoms with E-state index >= 15 is 0 Å². The molecule has 1 aromatic carbocycles. The van der Waals surface area contributed by atoms with E-state index in [0.29, 0.717) is 17.0 Å². The van der Waals surface area contributed by atoms with Crippen LogP contribution in [0.15, 0.2) is 36.4 Å². The van der Waals surface area contributed by atoms with Gasteiger partial charge in [-0.2, -0.15) is 5.26 Å². The van der Waals surface area contributed by atoms with Crippen molar-refractivity contribution in [1.82, 2.24) is 5.43 Å². The molecule has 5 nitrogen and oxygen atoms in total. The Morgan fingerprint density at radius 1 is 1.40 bits per heavy atom. The number of nitrogens with two attached hydrogens (primary N) is 1. The van der Waals surface area contributed by atoms with E-state index < -0.39 is 0 Å². The number of anilines is 1. The van der Waals surface area contributed by atoms with Gasteiger partial charge in [-0.25, -0.2) is 5.84 Å². The molecular formula is C14H14N4OS. The first-order valence-electron chi connectivity index (χ1n) is 5.95. The zero-order valence-corrected chi connectivity index (χ0v) is 11.8. The SMILES string of the molecule is CN(Cc1ccc(C(=O)NN)s1)c1ccccc1C#N. The molecule has 0 saturated carbocycles. The third-order valence-corrected chi connectivity index (χ3v) is 3.91. The van der Waals surface area contributed by atoms with Crippen LogP contribution in [-0.2, 0) is 6.54 Å². The number of carbonyl (C=O) groups is 1. The molecule has 3 N–H and O–H groups in total. The summed E-state index contributed by atoms with van der Waals surface area (Å²) < 4.78 is 0. The topological polar surface area (TPSA) is 82.2 Å². The van der Waals surface area contributed by atoms with Gasteiger partial charge in [0.05, 0.1) is 22.7 Å². The molecule has 1 heterocycles. The van der Waals surface area contributed by atoms with Gasteiger partial charge in [0.15, 0.2) is 0 Å². The molecule has 1 aromatic heterocycles. The largest absolute Gasteiger partial charge is 0.368 e. The molecule has 0 bridgehead atoms. The van der Waals surface area contributed by atoms with Gasteiger partial charge in [-0.3, -0.25) is 10.2 Å². The van der Waals surface area contributed by atoms with Crippen molar-refractivity contribution in [2.75, 3.05) is 11.9 Å². The average Bonchev–Trinajstić information content (AvgIpc) is 2.94. The number of nitriles is 1. The van der Waals surface area contributed by atoms with E-state index in [2.05, 4.69) is 11.5 Å². The fourth-order valence-corrected chi connectivity index (χ4v) is 2.84. The fraction of sp³-hybridized carbons (Fsp3) is 0.143. The van der Waals surface area contributed by atoms with E-state index in [4.69, 9.17) is 11.1 Å². The fourth-order valence-electron chi connectivity index (χ4n) is 1.88. The Labute approximate surface area is 121 Å². The van der Waals surface area contributed by atoms with Crippen LogP contribution in [-0.4, -0.2) is 13.0 Å². The maximum atomic E-state index is 11.4. The lowest BCUT2D eigenvalue weighted by atomic mass is 10.2. The first-order valence-corrected chi connectivity index (χ1v) is 6.77. The number of nitrogens with zero attached hydrogens (tertiary/aromatic N) is 2. The van der Waals surface area contributed by atoms with Crippen LogP contribution in [0.1, 0.15) is 20.1 Å². The lowest BCUT2D eigenvalue weighted by molar-refractivity contribution is 0.0957. The van der Waals surface area contributed by atoms with Gasteiger partial charge in [-0.05, 0) is 24.3 Å². The smallest absolute Gasteiger partial charge is 0.275 e. The molecule has 0 aliphatic rings. The number of thiophene rings is 1. The van der Waals surface area contributed by atoms with Crippen molar-refractivity contribution in [3.63, 3.8) is 0 Å². The van der Waals surface area contributed by atoms with Crippen LogP contribution in [0.3, 0.4) is 0 Å². The number of hydrogen-bond acceptors (Lipinski definition) is 5. The van der Waals surface area contributed by atoms with Crippen molar-refractivity contribution in [2.45, 2.75) is 6.54 Å². The minimum atomic E-state index is -0.290. The maximum absolute atomic E-state index is 11.4. The third-order valence-electron chi connectivity index (χ3n) is 2.85. The van der Waals surface area contributed by atoms with E-state index in [1.807, 2.05) is 36.2 Å². The van der Waals surface area contributed by atoms with E-state index in [9.17, 15) is 4.79 Å². The Kier molecular flexibility index (Phi) is 4.35. The Hall–Kier alpha value is -2.36. The van der Waals surface area contributed by atoms with Crippen LogP contribution in [0.4, 0.5) is 5.69 Å². The van der Waals surface area contributed by atoms with E-state index in [1.54, 1.807) is 12.1 Å². The Morgan fingerprint density at radius 2 is 2.15 bits per heavy atom. The van der Waals surface area contributed by atoms with Crippen LogP contribution in [0, 0.1) is 11.3 Å². The molecule has 0 spiro atoms. The zero-order chi connectivity index (χ0) is 14.5. The van der Waals surface area contributed by atoms with Gasteiger partial charge in [-0.1, -0.05) is 12.1 Å². The predicted octanol–water partition coefficient (Wildman–Crippen LogP) is 1.86. The number of carbonyl (C=O) groups excluding carboxylic acids is 1. The highest BCUT2D eigenvalue weighted by Crippen LogP contribution is 2.23. The normalized spacial score (nSPS) is 9.85. The second kappa shape index (κ2) is 6.19. The van der Waals surface area contributed by atoms with Crippen molar-refractivity contribution in [3.8, 4) is 6.07 Å². The molecule has 2 aromatic rings. The number of rotatable bonds is 4. The molecule has 2 rings (SSSR count). The number of nitrogens with one attached hydrogen (secondary N) is 1. The lowest BCUT2D eigenvalue weighted by Crippen LogP contribution is -2.29. The summed E-state index contributed by atoms with van der Waals surface area (Å²) >= 11 is 1.39. The molecule has 20 heavy (non-hydrogen) atoms. The highest BCUT2D eigenvalue weighted by Gasteiger charge is 2.11. The minimum absolute atomic E-state index is 0.290. The highest BCUT2D eigenvalue weighted by atomic mass is 32.1. The third kappa shape index (κ3) is 2.96. The lowest BCUT2D eigenvalue weighted by Gasteiger charge is -2.19. The van der Waals surface area contributed by atoms with Gasteiger partial charge >= 0.3 is 0 Å². The quantitative estimate of drug-likeness (QED) is 0.510. The number of amides is 1. The summed E-state index contributed by atoms with van der Waals surface area (Å²) in [5.41, 5.74) is 3.61. The monoisotopic (exact) mass is 286 g/mol. The van der Waals surface area contributed by atoms with Crippen LogP contribution >= 0.6 is 11.3 Å². The minimum Gasteiger partial charge on any atom is -0.368 e. The summed E-state index contributed by atoms with van der Waals surface area (Å²) in [5, 5.41) is 9.10. The number of nitrogen functional groups attached to an aromatic ring is 1. The van der Waals surface area contributed by atoms with E-state index in [-0.39, 0.29) is 5.91 Å². The van der Waals surface area contributed by atoms with Gasteiger partial charge in [0.25, 0.3) is 5.91 Å². The van der Waals surface area contributed by atoms with Crippen molar-refractivity contribution in [2.24, 2.45) is 5.84 Å². The molecule has 6 heteroatoms. The van der Waals surface area contributed by atoms with Gasteiger partial charge in [-0.15, -0.1) is 11.3 Å². The van der Waals surface area contributed by atoms with Gasteiger partial charge in [0.1, 0.15) is 6.07 Å². The number of hydrogen-bond donors (Lipinski definition) is 2. The van der Waals surface area contributed by atoms with Crippen LogP contribution in [0.25, 0.3) is 0 Å². The van der Waals surface area contributed by atoms with Crippen molar-refractivity contribution in [1.29, 1.82) is 5.26 Å². The summed E-state index contributed by atoms with van der Waals surface area (Å²) in [7, 11) is 1.92. The Morgan fingerprint density at radius 3 is 2.85 bits per heavy atom. The van der Waals surface area contributed by atoms with E-state index in [0.717, 1.165) is 10.6 Å². The molecule has 0 fully saturated rings. The zero-order valence-electron chi connectivity index (χ0n) is 11.0. The second-order valence-electron chi connectivity index (χ2n) is 4.22. The van der Waals surface area contributed by atoms with Gasteiger partial charge in [0.2, 0.25) is 0 Å². The van der Waals surface area contributed by atoms with Crippen molar-refractivity contribution in [3.05, 3.63) is 51.7 Å². The predicted molar refractivity (Wildman–Crippen MR) is 79.2 cm³/mol. The van der Waals surface area contributed by atoms with Crippen LogP contribution in [0.2, 0.25) is 0 Å². The molecule has 0 radical (unpaired) electrons. The van der Waals surface area contributed by atoms with Crippen LogP contribution in [0.5, 0.6) is 0 Å². The summed E-state index contributed by atoms with van der Waals surface area (Å²) in [6, 6.07) is 13.2. The molecule has 0 aliphatic heterocycles. The average molecular weight is 286 g/mol. The van der Waals surface area contributed by atoms with Crippen molar-refractivity contribution < 1.29 is 4.79 Å². The highest BCUT2D eigenvalue weighted by molar-refractivity contribution is 7.14. The summed E-state index contributed by atoms with van der Waals surface area (Å²) in [5.74, 6) is 4.81. The number of hydrazine groups is 1.